The number of benzene rings is 3. The maximum atomic E-state index is 13.9. The highest BCUT2D eigenvalue weighted by atomic mass is 32.2. The zero-order valence-corrected chi connectivity index (χ0v) is 23.5. The number of anilines is 1. The lowest BCUT2D eigenvalue weighted by atomic mass is 10.1. The van der Waals surface area contributed by atoms with Crippen molar-refractivity contribution in [3.63, 3.8) is 0 Å². The number of rotatable bonds is 13. The molecule has 10 heteroatoms. The molecule has 0 aromatic heterocycles. The van der Waals surface area contributed by atoms with Gasteiger partial charge in [-0.05, 0) is 55.3 Å². The molecule has 0 aliphatic heterocycles. The van der Waals surface area contributed by atoms with Crippen molar-refractivity contribution in [2.45, 2.75) is 37.8 Å². The Morgan fingerprint density at radius 2 is 1.54 bits per heavy atom. The molecule has 1 N–H and O–H groups in total. The van der Waals surface area contributed by atoms with Gasteiger partial charge in [-0.2, -0.15) is 0 Å². The van der Waals surface area contributed by atoms with E-state index >= 15 is 0 Å². The highest BCUT2D eigenvalue weighted by molar-refractivity contribution is 7.92. The predicted octanol–water partition coefficient (Wildman–Crippen LogP) is 3.84. The van der Waals surface area contributed by atoms with Crippen molar-refractivity contribution in [2.24, 2.45) is 0 Å². The summed E-state index contributed by atoms with van der Waals surface area (Å²) in [5.74, 6) is 0.174. The highest BCUT2D eigenvalue weighted by Gasteiger charge is 2.32. The largest absolute Gasteiger partial charge is 0.497 e. The van der Waals surface area contributed by atoms with E-state index in [2.05, 4.69) is 5.32 Å². The van der Waals surface area contributed by atoms with Crippen LogP contribution in [-0.4, -0.2) is 58.5 Å². The van der Waals surface area contributed by atoms with E-state index in [1.165, 1.54) is 24.1 Å². The van der Waals surface area contributed by atoms with Gasteiger partial charge in [-0.1, -0.05) is 43.3 Å². The van der Waals surface area contributed by atoms with Gasteiger partial charge in [0.15, 0.2) is 0 Å². The van der Waals surface area contributed by atoms with E-state index in [-0.39, 0.29) is 23.0 Å². The van der Waals surface area contributed by atoms with Gasteiger partial charge in [0.05, 0.1) is 24.8 Å². The summed E-state index contributed by atoms with van der Waals surface area (Å²) in [6.45, 7) is 3.58. The summed E-state index contributed by atoms with van der Waals surface area (Å²) >= 11 is 0. The molecule has 0 fully saturated rings. The highest BCUT2D eigenvalue weighted by Crippen LogP contribution is 2.27. The molecule has 0 unspecified atom stereocenters. The molecule has 1 atom stereocenters. The third-order valence-electron chi connectivity index (χ3n) is 6.15. The minimum atomic E-state index is -4.14. The average molecular weight is 554 g/mol. The number of ether oxygens (including phenoxy) is 2. The van der Waals surface area contributed by atoms with Crippen molar-refractivity contribution in [3.05, 3.63) is 84.4 Å². The Labute approximate surface area is 230 Å². The van der Waals surface area contributed by atoms with Crippen molar-refractivity contribution in [1.82, 2.24) is 10.2 Å². The topological polar surface area (TPSA) is 105 Å². The maximum Gasteiger partial charge on any atom is 0.264 e. The Kier molecular flexibility index (Phi) is 10.3. The Hall–Kier alpha value is -4.05. The molecule has 2 amide bonds. The summed E-state index contributed by atoms with van der Waals surface area (Å²) in [6, 6.07) is 20.7. The van der Waals surface area contributed by atoms with Crippen LogP contribution in [0.4, 0.5) is 5.69 Å². The van der Waals surface area contributed by atoms with Gasteiger partial charge in [-0.15, -0.1) is 0 Å². The normalized spacial score (nSPS) is 11.8. The fourth-order valence-corrected chi connectivity index (χ4v) is 5.39. The molecule has 0 radical (unpaired) electrons. The second-order valence-electron chi connectivity index (χ2n) is 8.87. The zero-order chi connectivity index (χ0) is 28.4. The number of hydrogen-bond acceptors (Lipinski definition) is 6. The van der Waals surface area contributed by atoms with Crippen LogP contribution in [0.1, 0.15) is 25.8 Å². The second-order valence-corrected chi connectivity index (χ2v) is 10.7. The molecule has 0 heterocycles. The van der Waals surface area contributed by atoms with Crippen LogP contribution in [0.3, 0.4) is 0 Å². The maximum absolute atomic E-state index is 13.9. The van der Waals surface area contributed by atoms with E-state index in [9.17, 15) is 18.0 Å². The monoisotopic (exact) mass is 553 g/mol. The molecule has 0 spiro atoms. The molecule has 3 rings (SSSR count). The summed E-state index contributed by atoms with van der Waals surface area (Å²) in [5.41, 5.74) is 0.993. The van der Waals surface area contributed by atoms with Gasteiger partial charge < -0.3 is 19.7 Å². The predicted molar refractivity (Wildman–Crippen MR) is 150 cm³/mol. The van der Waals surface area contributed by atoms with Gasteiger partial charge in [0.1, 0.15) is 24.1 Å². The molecule has 39 heavy (non-hydrogen) atoms. The summed E-state index contributed by atoms with van der Waals surface area (Å²) in [5, 5.41) is 2.83. The van der Waals surface area contributed by atoms with Crippen LogP contribution in [-0.2, 0) is 26.2 Å². The molecule has 0 aliphatic carbocycles. The van der Waals surface area contributed by atoms with Gasteiger partial charge in [-0.3, -0.25) is 13.9 Å². The molecule has 0 saturated carbocycles. The Morgan fingerprint density at radius 3 is 2.18 bits per heavy atom. The Morgan fingerprint density at radius 1 is 0.897 bits per heavy atom. The third-order valence-corrected chi connectivity index (χ3v) is 7.94. The fraction of sp³-hybridized carbons (Fsp3) is 0.310. The number of sulfonamides is 1. The lowest BCUT2D eigenvalue weighted by Gasteiger charge is -2.32. The fourth-order valence-electron chi connectivity index (χ4n) is 3.96. The lowest BCUT2D eigenvalue weighted by Crippen LogP contribution is -2.51. The lowest BCUT2D eigenvalue weighted by molar-refractivity contribution is -0.139. The van der Waals surface area contributed by atoms with Crippen molar-refractivity contribution < 1.29 is 27.5 Å². The first-order valence-electron chi connectivity index (χ1n) is 12.6. The summed E-state index contributed by atoms with van der Waals surface area (Å²) in [7, 11) is -1.12. The van der Waals surface area contributed by atoms with Crippen molar-refractivity contribution in [1.29, 1.82) is 0 Å². The van der Waals surface area contributed by atoms with Crippen LogP contribution in [0.2, 0.25) is 0 Å². The van der Waals surface area contributed by atoms with Crippen LogP contribution in [0.15, 0.2) is 83.8 Å². The van der Waals surface area contributed by atoms with Crippen LogP contribution < -0.4 is 19.1 Å². The Balaban J connectivity index is 2.03. The molecule has 0 aliphatic rings. The minimum Gasteiger partial charge on any atom is -0.497 e. The number of carbonyl (C=O) groups is 2. The van der Waals surface area contributed by atoms with E-state index in [0.717, 1.165) is 16.3 Å². The van der Waals surface area contributed by atoms with Crippen molar-refractivity contribution in [3.8, 4) is 11.5 Å². The number of methoxy groups -OCH3 is 2. The molecule has 3 aromatic rings. The first-order chi connectivity index (χ1) is 18.7. The number of carbonyl (C=O) groups excluding carboxylic acids is 2. The van der Waals surface area contributed by atoms with Crippen LogP contribution in [0.5, 0.6) is 11.5 Å². The average Bonchev–Trinajstić information content (AvgIpc) is 2.97. The number of hydrogen-bond donors (Lipinski definition) is 1. The molecule has 9 nitrogen and oxygen atoms in total. The molecular weight excluding hydrogens is 518 g/mol. The van der Waals surface area contributed by atoms with Gasteiger partial charge in [-0.25, -0.2) is 8.42 Å². The van der Waals surface area contributed by atoms with Gasteiger partial charge in [0.2, 0.25) is 11.8 Å². The molecule has 208 valence electrons. The summed E-state index contributed by atoms with van der Waals surface area (Å²) in [4.78, 5) is 28.3. The first kappa shape index (κ1) is 29.5. The van der Waals surface area contributed by atoms with E-state index in [4.69, 9.17) is 9.47 Å². The molecule has 0 saturated heterocycles. The minimum absolute atomic E-state index is 0.0358. The SMILES string of the molecule is CCCNC(=O)[C@@H](C)N(Cc1cccc(OC)c1)C(=O)CN(c1cccc(OC)c1)S(=O)(=O)c1ccccc1. The number of nitrogens with one attached hydrogen (secondary N) is 1. The summed E-state index contributed by atoms with van der Waals surface area (Å²) < 4.78 is 39.3. The quantitative estimate of drug-likeness (QED) is 0.345. The molecular formula is C29H35N3O6S. The zero-order valence-electron chi connectivity index (χ0n) is 22.7. The van der Waals surface area contributed by atoms with E-state index in [1.54, 1.807) is 74.7 Å². The molecule has 3 aromatic carbocycles. The molecule has 0 bridgehead atoms. The van der Waals surface area contributed by atoms with Gasteiger partial charge in [0.25, 0.3) is 10.0 Å². The van der Waals surface area contributed by atoms with Gasteiger partial charge in [0, 0.05) is 19.2 Å². The standard InChI is InChI=1S/C29H35N3O6S/c1-5-17-30-29(34)22(2)31(20-23-11-9-13-25(18-23)37-3)28(33)21-32(24-12-10-14-26(19-24)38-4)39(35,36)27-15-7-6-8-16-27/h6-16,18-19,22H,5,17,20-21H2,1-4H3,(H,30,34)/t22-/m1/s1. The number of nitrogens with zero attached hydrogens (tertiary/aromatic N) is 2. The van der Waals surface area contributed by atoms with E-state index in [0.29, 0.717) is 18.0 Å². The van der Waals surface area contributed by atoms with E-state index in [1.807, 2.05) is 13.0 Å². The smallest absolute Gasteiger partial charge is 0.264 e. The second kappa shape index (κ2) is 13.7. The van der Waals surface area contributed by atoms with Crippen molar-refractivity contribution in [2.75, 3.05) is 31.6 Å². The summed E-state index contributed by atoms with van der Waals surface area (Å²) in [6.07, 6.45) is 0.737. The van der Waals surface area contributed by atoms with Crippen LogP contribution in [0.25, 0.3) is 0 Å². The Bertz CT molecular complexity index is 1360. The number of amides is 2. The van der Waals surface area contributed by atoms with E-state index < -0.39 is 28.5 Å². The van der Waals surface area contributed by atoms with Gasteiger partial charge >= 0.3 is 0 Å². The third kappa shape index (κ3) is 7.51. The van der Waals surface area contributed by atoms with Crippen LogP contribution in [0, 0.1) is 0 Å². The van der Waals surface area contributed by atoms with Crippen LogP contribution >= 0.6 is 0 Å². The first-order valence-corrected chi connectivity index (χ1v) is 14.1. The van der Waals surface area contributed by atoms with Crippen molar-refractivity contribution >= 4 is 27.5 Å².